The predicted molar refractivity (Wildman–Crippen MR) is 103 cm³/mol. The smallest absolute Gasteiger partial charge is 0.428 e. The van der Waals surface area contributed by atoms with Crippen LogP contribution in [0, 0.1) is 0 Å². The number of hydrogen-bond donors (Lipinski definition) is 2. The molecule has 160 valence electrons. The molecule has 0 aromatic carbocycles. The van der Waals surface area contributed by atoms with Crippen LogP contribution < -0.4 is 0 Å². The Kier molecular flexibility index (Phi) is 14.4. The van der Waals surface area contributed by atoms with E-state index < -0.39 is 24.2 Å². The Hall–Kier alpha value is -1.04. The van der Waals surface area contributed by atoms with Gasteiger partial charge in [-0.3, -0.25) is 0 Å². The molecule has 1 unspecified atom stereocenters. The van der Waals surface area contributed by atoms with Crippen molar-refractivity contribution >= 4 is 5.97 Å². The first kappa shape index (κ1) is 26.0. The summed E-state index contributed by atoms with van der Waals surface area (Å²) in [5.41, 5.74) is -3.69. The fourth-order valence-corrected chi connectivity index (χ4v) is 2.98. The summed E-state index contributed by atoms with van der Waals surface area (Å²) in [6.45, 7) is 2.23. The Labute approximate surface area is 162 Å². The van der Waals surface area contributed by atoms with Crippen LogP contribution in [0.3, 0.4) is 0 Å². The van der Waals surface area contributed by atoms with Crippen LogP contribution >= 0.6 is 0 Å². The fourth-order valence-electron chi connectivity index (χ4n) is 2.98. The number of alkyl halides is 3. The number of unbranched alkanes of at least 4 members (excludes halogenated alkanes) is 13. The molecule has 0 bridgehead atoms. The third kappa shape index (κ3) is 12.1. The zero-order valence-electron chi connectivity index (χ0n) is 16.7. The van der Waals surface area contributed by atoms with Crippen molar-refractivity contribution in [3.8, 4) is 0 Å². The number of carbonyl (C=O) groups is 1. The van der Waals surface area contributed by atoms with Crippen LogP contribution in [-0.4, -0.2) is 28.0 Å². The predicted octanol–water partition coefficient (Wildman–Crippen LogP) is 6.79. The molecule has 0 aliphatic rings. The second-order valence-electron chi connectivity index (χ2n) is 7.37. The van der Waals surface area contributed by atoms with E-state index in [-0.39, 0.29) is 0 Å². The number of allylic oxidation sites excluding steroid dienone is 1. The number of hydrogen-bond acceptors (Lipinski definition) is 2. The number of rotatable bonds is 17. The Bertz CT molecular complexity index is 408. The van der Waals surface area contributed by atoms with Crippen LogP contribution in [0.15, 0.2) is 12.2 Å². The molecule has 0 rings (SSSR count). The van der Waals surface area contributed by atoms with Crippen molar-refractivity contribution < 1.29 is 28.2 Å². The molecule has 27 heavy (non-hydrogen) atoms. The molecular formula is C21H37F3O3. The van der Waals surface area contributed by atoms with Gasteiger partial charge in [-0.15, -0.1) is 0 Å². The molecular weight excluding hydrogens is 357 g/mol. The number of carboxylic acid groups (broad SMARTS) is 1. The first-order valence-electron chi connectivity index (χ1n) is 10.4. The zero-order valence-corrected chi connectivity index (χ0v) is 16.7. The highest BCUT2D eigenvalue weighted by Gasteiger charge is 2.59. The average Bonchev–Trinajstić information content (AvgIpc) is 2.60. The molecule has 0 radical (unpaired) electrons. The summed E-state index contributed by atoms with van der Waals surface area (Å²) >= 11 is 0. The maximum Gasteiger partial charge on any atom is 0.428 e. The number of carboxylic acids is 1. The van der Waals surface area contributed by atoms with E-state index in [1.807, 2.05) is 0 Å². The van der Waals surface area contributed by atoms with Gasteiger partial charge in [-0.1, -0.05) is 96.1 Å². The minimum absolute atomic E-state index is 0.602. The van der Waals surface area contributed by atoms with Gasteiger partial charge in [-0.25, -0.2) is 4.79 Å². The molecule has 0 aromatic heterocycles. The first-order chi connectivity index (χ1) is 12.8. The molecule has 6 heteroatoms. The molecule has 0 aromatic rings. The van der Waals surface area contributed by atoms with Gasteiger partial charge in [-0.05, 0) is 12.8 Å². The maximum absolute atomic E-state index is 12.6. The van der Waals surface area contributed by atoms with Gasteiger partial charge in [0.15, 0.2) is 0 Å². The van der Waals surface area contributed by atoms with E-state index >= 15 is 0 Å². The number of aliphatic hydroxyl groups is 1. The van der Waals surface area contributed by atoms with Gasteiger partial charge in [0, 0.05) is 6.42 Å². The highest BCUT2D eigenvalue weighted by molar-refractivity contribution is 5.78. The third-order valence-electron chi connectivity index (χ3n) is 4.88. The molecule has 2 N–H and O–H groups in total. The van der Waals surface area contributed by atoms with Crippen LogP contribution in [0.4, 0.5) is 13.2 Å². The summed E-state index contributed by atoms with van der Waals surface area (Å²) in [5, 5.41) is 17.9. The summed E-state index contributed by atoms with van der Waals surface area (Å²) < 4.78 is 37.8. The van der Waals surface area contributed by atoms with Gasteiger partial charge in [0.25, 0.3) is 5.60 Å². The second kappa shape index (κ2) is 14.9. The van der Waals surface area contributed by atoms with Crippen molar-refractivity contribution in [3.05, 3.63) is 12.2 Å². The van der Waals surface area contributed by atoms with E-state index in [9.17, 15) is 23.1 Å². The van der Waals surface area contributed by atoms with Gasteiger partial charge < -0.3 is 10.2 Å². The lowest BCUT2D eigenvalue weighted by atomic mass is 9.98. The van der Waals surface area contributed by atoms with Gasteiger partial charge in [0.1, 0.15) is 0 Å². The summed E-state index contributed by atoms with van der Waals surface area (Å²) in [6.07, 6.45) is 13.1. The standard InChI is InChI=1S/C21H37F3O3/c1-2-3-4-5-6-7-8-9-10-11-12-13-14-15-16-17-18-20(27,19(25)26)21(22,23)24/h16-17,27H,2-15,18H2,1H3,(H,25,26). The number of halogens is 3. The Morgan fingerprint density at radius 1 is 0.778 bits per heavy atom. The number of aliphatic carboxylic acids is 1. The van der Waals surface area contributed by atoms with Crippen LogP contribution in [0.25, 0.3) is 0 Å². The zero-order chi connectivity index (χ0) is 20.6. The monoisotopic (exact) mass is 394 g/mol. The minimum atomic E-state index is -5.18. The highest BCUT2D eigenvalue weighted by atomic mass is 19.4. The van der Waals surface area contributed by atoms with Crippen LogP contribution in [0.2, 0.25) is 0 Å². The second-order valence-corrected chi connectivity index (χ2v) is 7.37. The van der Waals surface area contributed by atoms with Crippen molar-refractivity contribution in [1.29, 1.82) is 0 Å². The van der Waals surface area contributed by atoms with Crippen molar-refractivity contribution in [3.63, 3.8) is 0 Å². The van der Waals surface area contributed by atoms with Gasteiger partial charge in [0.05, 0.1) is 0 Å². The van der Waals surface area contributed by atoms with Crippen LogP contribution in [0.5, 0.6) is 0 Å². The molecule has 0 spiro atoms. The van der Waals surface area contributed by atoms with E-state index in [4.69, 9.17) is 5.11 Å². The molecule has 3 nitrogen and oxygen atoms in total. The lowest BCUT2D eigenvalue weighted by molar-refractivity contribution is -0.258. The highest BCUT2D eigenvalue weighted by Crippen LogP contribution is 2.33. The summed E-state index contributed by atoms with van der Waals surface area (Å²) in [7, 11) is 0. The molecule has 1 atom stereocenters. The van der Waals surface area contributed by atoms with Crippen molar-refractivity contribution in [2.75, 3.05) is 0 Å². The quantitative estimate of drug-likeness (QED) is 0.211. The van der Waals surface area contributed by atoms with E-state index in [1.165, 1.54) is 70.3 Å². The van der Waals surface area contributed by atoms with Crippen molar-refractivity contribution in [1.82, 2.24) is 0 Å². The SMILES string of the molecule is CCCCCCCCCCCCCCCC=CCC(O)(C(=O)O)C(F)(F)F. The van der Waals surface area contributed by atoms with E-state index in [0.717, 1.165) is 25.3 Å². The first-order valence-corrected chi connectivity index (χ1v) is 10.4. The van der Waals surface area contributed by atoms with E-state index in [1.54, 1.807) is 0 Å². The molecule has 0 saturated carbocycles. The van der Waals surface area contributed by atoms with Gasteiger partial charge >= 0.3 is 12.1 Å². The lowest BCUT2D eigenvalue weighted by Crippen LogP contribution is -2.51. The average molecular weight is 395 g/mol. The van der Waals surface area contributed by atoms with Gasteiger partial charge in [0.2, 0.25) is 0 Å². The Morgan fingerprint density at radius 2 is 1.19 bits per heavy atom. The van der Waals surface area contributed by atoms with Crippen molar-refractivity contribution in [2.45, 2.75) is 115 Å². The topological polar surface area (TPSA) is 57.5 Å². The molecule has 0 amide bonds. The van der Waals surface area contributed by atoms with E-state index in [2.05, 4.69) is 6.92 Å². The summed E-state index contributed by atoms with van der Waals surface area (Å²) in [4.78, 5) is 10.7. The Balaban J connectivity index is 3.56. The van der Waals surface area contributed by atoms with Crippen molar-refractivity contribution in [2.24, 2.45) is 0 Å². The third-order valence-corrected chi connectivity index (χ3v) is 4.88. The molecule has 0 saturated heterocycles. The van der Waals surface area contributed by atoms with Gasteiger partial charge in [-0.2, -0.15) is 13.2 Å². The lowest BCUT2D eigenvalue weighted by Gasteiger charge is -2.24. The maximum atomic E-state index is 12.6. The van der Waals surface area contributed by atoms with E-state index in [0.29, 0.717) is 6.42 Å². The van der Waals surface area contributed by atoms with Crippen LogP contribution in [-0.2, 0) is 4.79 Å². The largest absolute Gasteiger partial charge is 0.479 e. The summed E-state index contributed by atoms with van der Waals surface area (Å²) in [6, 6.07) is 0. The fraction of sp³-hybridized carbons (Fsp3) is 0.857. The Morgan fingerprint density at radius 3 is 1.56 bits per heavy atom. The van der Waals surface area contributed by atoms with Crippen LogP contribution in [0.1, 0.15) is 103 Å². The summed E-state index contributed by atoms with van der Waals surface area (Å²) in [5.74, 6) is -2.26. The minimum Gasteiger partial charge on any atom is -0.479 e. The molecule has 0 heterocycles. The molecule has 0 fully saturated rings. The normalized spacial score (nSPS) is 14.6. The molecule has 0 aliphatic heterocycles. The molecule has 0 aliphatic carbocycles.